The summed E-state index contributed by atoms with van der Waals surface area (Å²) in [5.41, 5.74) is 0. The van der Waals surface area contributed by atoms with Crippen LogP contribution in [0.25, 0.3) is 0 Å². The molecule has 1 aliphatic heterocycles. The molecular formula is C4H9N3O3. The van der Waals surface area contributed by atoms with Gasteiger partial charge in [-0.05, 0) is 0 Å². The van der Waals surface area contributed by atoms with Crippen molar-refractivity contribution in [2.75, 3.05) is 13.7 Å². The summed E-state index contributed by atoms with van der Waals surface area (Å²) in [5, 5.41) is 16.7. The zero-order valence-electron chi connectivity index (χ0n) is 5.52. The fourth-order valence-electron chi connectivity index (χ4n) is 0.429. The Morgan fingerprint density at radius 1 is 1.90 bits per heavy atom. The second-order valence-electron chi connectivity index (χ2n) is 1.67. The zero-order valence-corrected chi connectivity index (χ0v) is 5.52. The number of hydrogen-bond acceptors (Lipinski definition) is 4. The molecule has 0 saturated heterocycles. The lowest BCUT2D eigenvalue weighted by atomic mass is 10.9. The minimum absolute atomic E-state index is 0.958. The van der Waals surface area contributed by atoms with E-state index >= 15 is 0 Å². The highest BCUT2D eigenvalue weighted by molar-refractivity contribution is 4.84. The smallest absolute Gasteiger partial charge is 0.291 e. The maximum Gasteiger partial charge on any atom is 0.291 e. The van der Waals surface area contributed by atoms with Gasteiger partial charge in [0.25, 0.3) is 5.09 Å². The molecule has 0 atom stereocenters. The zero-order chi connectivity index (χ0) is 7.98. The van der Waals surface area contributed by atoms with Crippen molar-refractivity contribution in [1.29, 1.82) is 0 Å². The van der Waals surface area contributed by atoms with Crippen LogP contribution in [-0.2, 0) is 0 Å². The van der Waals surface area contributed by atoms with E-state index in [9.17, 15) is 0 Å². The van der Waals surface area contributed by atoms with Crippen LogP contribution in [0.1, 0.15) is 0 Å². The van der Waals surface area contributed by atoms with Crippen LogP contribution in [0.5, 0.6) is 0 Å². The molecule has 0 saturated carbocycles. The molecule has 0 aromatic rings. The number of rotatable bonds is 0. The van der Waals surface area contributed by atoms with Crippen molar-refractivity contribution >= 4 is 0 Å². The highest BCUT2D eigenvalue weighted by Gasteiger charge is 1.90. The molecule has 0 amide bonds. The fraction of sp³-hybridized carbons (Fsp3) is 0.500. The minimum Gasteiger partial charge on any atom is -0.373 e. The molecule has 0 spiro atoms. The maximum absolute atomic E-state index is 8.36. The molecule has 6 heteroatoms. The van der Waals surface area contributed by atoms with Gasteiger partial charge in [-0.25, -0.2) is 0 Å². The monoisotopic (exact) mass is 147 g/mol. The third kappa shape index (κ3) is 6.54. The Labute approximate surface area is 57.9 Å². The van der Waals surface area contributed by atoms with Gasteiger partial charge in [-0.1, -0.05) is 0 Å². The molecule has 0 fully saturated rings. The van der Waals surface area contributed by atoms with Gasteiger partial charge in [-0.2, -0.15) is 0 Å². The lowest BCUT2D eigenvalue weighted by Gasteiger charge is -2.02. The van der Waals surface area contributed by atoms with Crippen LogP contribution >= 0.6 is 0 Å². The van der Waals surface area contributed by atoms with E-state index in [2.05, 4.69) is 10.2 Å². The van der Waals surface area contributed by atoms with E-state index in [1.165, 1.54) is 0 Å². The van der Waals surface area contributed by atoms with Crippen molar-refractivity contribution in [2.24, 2.45) is 0 Å². The Morgan fingerprint density at radius 3 is 2.50 bits per heavy atom. The third-order valence-electron chi connectivity index (χ3n) is 0.788. The van der Waals surface area contributed by atoms with Gasteiger partial charge in [-0.15, -0.1) is 10.1 Å². The van der Waals surface area contributed by atoms with E-state index < -0.39 is 5.09 Å². The van der Waals surface area contributed by atoms with Crippen LogP contribution in [0, 0.1) is 10.1 Å². The Balaban J connectivity index is 0.000000180. The second kappa shape index (κ2) is 4.42. The van der Waals surface area contributed by atoms with Gasteiger partial charge in [0.15, 0.2) is 0 Å². The van der Waals surface area contributed by atoms with Gasteiger partial charge in [0.2, 0.25) is 0 Å². The molecule has 0 aromatic heterocycles. The van der Waals surface area contributed by atoms with Gasteiger partial charge < -0.3 is 15.4 Å². The molecule has 6 nitrogen and oxygen atoms in total. The Bertz CT molecular complexity index is 132. The molecule has 0 radical (unpaired) electrons. The van der Waals surface area contributed by atoms with E-state index in [1.807, 2.05) is 19.4 Å². The first-order valence-electron chi connectivity index (χ1n) is 2.56. The Kier molecular flexibility index (Phi) is 3.78. The van der Waals surface area contributed by atoms with Crippen molar-refractivity contribution in [2.45, 2.75) is 0 Å². The van der Waals surface area contributed by atoms with Gasteiger partial charge in [-0.3, -0.25) is 0 Å². The minimum atomic E-state index is -1.50. The number of nitrogens with one attached hydrogen (secondary N) is 1. The lowest BCUT2D eigenvalue weighted by molar-refractivity contribution is -0.742. The summed E-state index contributed by atoms with van der Waals surface area (Å²) >= 11 is 0. The molecule has 0 bridgehead atoms. The third-order valence-corrected chi connectivity index (χ3v) is 0.788. The fourth-order valence-corrected chi connectivity index (χ4v) is 0.429. The van der Waals surface area contributed by atoms with Gasteiger partial charge >= 0.3 is 0 Å². The molecule has 0 unspecified atom stereocenters. The first kappa shape index (κ1) is 8.54. The van der Waals surface area contributed by atoms with Gasteiger partial charge in [0, 0.05) is 19.4 Å². The van der Waals surface area contributed by atoms with E-state index in [1.54, 1.807) is 0 Å². The topological polar surface area (TPSA) is 78.6 Å². The van der Waals surface area contributed by atoms with Crippen LogP contribution in [0.15, 0.2) is 12.4 Å². The number of hydrogen-bond donors (Lipinski definition) is 2. The Morgan fingerprint density at radius 2 is 2.40 bits per heavy atom. The quantitative estimate of drug-likeness (QED) is 0.360. The number of nitrogens with zero attached hydrogens (tertiary/aromatic N) is 2. The predicted octanol–water partition coefficient (Wildman–Crippen LogP) is -0.398. The normalized spacial score (nSPS) is 13.5. The summed E-state index contributed by atoms with van der Waals surface area (Å²) < 4.78 is 0. The summed E-state index contributed by atoms with van der Waals surface area (Å²) in [6, 6.07) is 0. The Hall–Kier alpha value is -1.46. The standard InChI is InChI=1S/C4H8N2.HNO3/c1-6-3-2-5-4-6;2-1(3)4/h2-3,5H,4H2,1H3;(H,2,3,4). The predicted molar refractivity (Wildman–Crippen MR) is 33.7 cm³/mol. The van der Waals surface area contributed by atoms with Crippen LogP contribution in [0.4, 0.5) is 0 Å². The molecule has 1 heterocycles. The molecule has 0 aromatic carbocycles. The lowest BCUT2D eigenvalue weighted by Crippen LogP contribution is -2.14. The summed E-state index contributed by atoms with van der Waals surface area (Å²) in [6.45, 7) is 0.958. The average molecular weight is 147 g/mol. The molecule has 58 valence electrons. The molecule has 1 rings (SSSR count). The van der Waals surface area contributed by atoms with Gasteiger partial charge in [0.1, 0.15) is 0 Å². The molecular weight excluding hydrogens is 138 g/mol. The van der Waals surface area contributed by atoms with E-state index in [4.69, 9.17) is 15.3 Å². The largest absolute Gasteiger partial charge is 0.373 e. The van der Waals surface area contributed by atoms with E-state index in [0.717, 1.165) is 6.67 Å². The first-order chi connectivity index (χ1) is 4.63. The van der Waals surface area contributed by atoms with Gasteiger partial charge in [0.05, 0.1) is 6.67 Å². The van der Waals surface area contributed by atoms with Crippen molar-refractivity contribution in [3.05, 3.63) is 22.5 Å². The highest BCUT2D eigenvalue weighted by Crippen LogP contribution is 1.84. The second-order valence-corrected chi connectivity index (χ2v) is 1.67. The molecule has 1 aliphatic rings. The van der Waals surface area contributed by atoms with E-state index in [-0.39, 0.29) is 0 Å². The summed E-state index contributed by atoms with van der Waals surface area (Å²) in [4.78, 5) is 10.4. The van der Waals surface area contributed by atoms with Crippen LogP contribution in [-0.4, -0.2) is 28.9 Å². The maximum atomic E-state index is 8.36. The highest BCUT2D eigenvalue weighted by atomic mass is 16.9. The van der Waals surface area contributed by atoms with Crippen LogP contribution in [0.2, 0.25) is 0 Å². The SMILES string of the molecule is CN1C=CNC1.O=[N+]([O-])O. The average Bonchev–Trinajstić information content (AvgIpc) is 2.15. The van der Waals surface area contributed by atoms with Crippen LogP contribution in [0.3, 0.4) is 0 Å². The summed E-state index contributed by atoms with van der Waals surface area (Å²) in [6.07, 6.45) is 3.93. The van der Waals surface area contributed by atoms with Crippen molar-refractivity contribution in [3.8, 4) is 0 Å². The molecule has 0 aliphatic carbocycles. The molecule has 10 heavy (non-hydrogen) atoms. The van der Waals surface area contributed by atoms with Crippen molar-refractivity contribution in [1.82, 2.24) is 10.2 Å². The first-order valence-corrected chi connectivity index (χ1v) is 2.56. The molecule has 2 N–H and O–H groups in total. The summed E-state index contributed by atoms with van der Waals surface area (Å²) in [5.74, 6) is 0. The summed E-state index contributed by atoms with van der Waals surface area (Å²) in [7, 11) is 2.02. The van der Waals surface area contributed by atoms with Crippen molar-refractivity contribution < 1.29 is 10.3 Å². The van der Waals surface area contributed by atoms with E-state index in [0.29, 0.717) is 0 Å². The van der Waals surface area contributed by atoms with Crippen LogP contribution < -0.4 is 5.32 Å². The van der Waals surface area contributed by atoms with Crippen molar-refractivity contribution in [3.63, 3.8) is 0 Å².